The molecule has 17 heavy (non-hydrogen) atoms. The predicted octanol–water partition coefficient (Wildman–Crippen LogP) is 4.08. The molecule has 0 radical (unpaired) electrons. The Bertz CT molecular complexity index is 231. The van der Waals surface area contributed by atoms with E-state index in [9.17, 15) is 0 Å². The highest BCUT2D eigenvalue weighted by Gasteiger charge is 2.30. The van der Waals surface area contributed by atoms with Crippen LogP contribution in [-0.2, 0) is 0 Å². The zero-order valence-corrected chi connectivity index (χ0v) is 12.6. The van der Waals surface area contributed by atoms with E-state index in [0.717, 1.165) is 18.0 Å². The van der Waals surface area contributed by atoms with Crippen LogP contribution >= 0.6 is 11.8 Å². The average molecular weight is 255 g/mol. The Morgan fingerprint density at radius 3 is 2.41 bits per heavy atom. The lowest BCUT2D eigenvalue weighted by Gasteiger charge is -2.38. The van der Waals surface area contributed by atoms with Gasteiger partial charge in [-0.3, -0.25) is 0 Å². The van der Waals surface area contributed by atoms with E-state index in [1.54, 1.807) is 0 Å². The highest BCUT2D eigenvalue weighted by Crippen LogP contribution is 2.34. The second-order valence-corrected chi connectivity index (χ2v) is 7.90. The van der Waals surface area contributed by atoms with Crippen LogP contribution in [0.1, 0.15) is 59.3 Å². The molecule has 2 rings (SSSR count). The van der Waals surface area contributed by atoms with Crippen LogP contribution in [0.2, 0.25) is 0 Å². The normalized spacial score (nSPS) is 37.9. The molecule has 1 nitrogen and oxygen atoms in total. The van der Waals surface area contributed by atoms with E-state index in [-0.39, 0.29) is 0 Å². The van der Waals surface area contributed by atoms with E-state index < -0.39 is 0 Å². The van der Waals surface area contributed by atoms with Gasteiger partial charge in [-0.25, -0.2) is 0 Å². The van der Waals surface area contributed by atoms with Crippen LogP contribution in [0.5, 0.6) is 0 Å². The van der Waals surface area contributed by atoms with Crippen molar-refractivity contribution in [1.29, 1.82) is 0 Å². The summed E-state index contributed by atoms with van der Waals surface area (Å²) in [6.07, 6.45) is 8.50. The van der Waals surface area contributed by atoms with Crippen molar-refractivity contribution in [2.45, 2.75) is 71.4 Å². The van der Waals surface area contributed by atoms with Gasteiger partial charge in [-0.15, -0.1) is 0 Å². The van der Waals surface area contributed by atoms with Gasteiger partial charge in [-0.1, -0.05) is 27.2 Å². The molecule has 2 aliphatic rings. The van der Waals surface area contributed by atoms with Gasteiger partial charge < -0.3 is 5.32 Å². The van der Waals surface area contributed by atoms with Crippen molar-refractivity contribution in [3.05, 3.63) is 0 Å². The van der Waals surface area contributed by atoms with E-state index in [2.05, 4.69) is 37.8 Å². The first-order chi connectivity index (χ1) is 8.09. The molecule has 0 amide bonds. The number of hydrogen-bond acceptors (Lipinski definition) is 2. The van der Waals surface area contributed by atoms with Crippen LogP contribution in [0, 0.1) is 11.3 Å². The molecule has 1 N–H and O–H groups in total. The molecule has 2 fully saturated rings. The fourth-order valence-electron chi connectivity index (χ4n) is 3.44. The second kappa shape index (κ2) is 5.97. The molecule has 1 aliphatic heterocycles. The largest absolute Gasteiger partial charge is 0.310 e. The quantitative estimate of drug-likeness (QED) is 0.815. The molecule has 100 valence electrons. The Morgan fingerprint density at radius 2 is 1.82 bits per heavy atom. The lowest BCUT2D eigenvalue weighted by atomic mass is 9.83. The van der Waals surface area contributed by atoms with Gasteiger partial charge in [-0.2, -0.15) is 11.8 Å². The zero-order valence-electron chi connectivity index (χ0n) is 11.8. The predicted molar refractivity (Wildman–Crippen MR) is 78.7 cm³/mol. The molecule has 1 aliphatic carbocycles. The number of hydrogen-bond donors (Lipinski definition) is 1. The Labute approximate surface area is 112 Å². The van der Waals surface area contributed by atoms with Gasteiger partial charge in [0.05, 0.1) is 0 Å². The Hall–Kier alpha value is 0.310. The van der Waals surface area contributed by atoms with Crippen molar-refractivity contribution in [3.8, 4) is 0 Å². The monoisotopic (exact) mass is 255 g/mol. The summed E-state index contributed by atoms with van der Waals surface area (Å²) in [7, 11) is 0. The Kier molecular flexibility index (Phi) is 4.82. The first-order valence-corrected chi connectivity index (χ1v) is 8.58. The van der Waals surface area contributed by atoms with E-state index in [1.807, 2.05) is 0 Å². The van der Waals surface area contributed by atoms with Crippen LogP contribution in [-0.4, -0.2) is 23.6 Å². The summed E-state index contributed by atoms with van der Waals surface area (Å²) in [6.45, 7) is 7.18. The van der Waals surface area contributed by atoms with Crippen LogP contribution in [0.3, 0.4) is 0 Å². The molecule has 0 aromatic rings. The molecule has 0 aromatic carbocycles. The first kappa shape index (κ1) is 13.7. The maximum absolute atomic E-state index is 3.94. The highest BCUT2D eigenvalue weighted by molar-refractivity contribution is 7.99. The third-order valence-electron chi connectivity index (χ3n) is 4.51. The van der Waals surface area contributed by atoms with Crippen LogP contribution in [0.4, 0.5) is 0 Å². The minimum atomic E-state index is 0.543. The smallest absolute Gasteiger partial charge is 0.0166 e. The van der Waals surface area contributed by atoms with Crippen molar-refractivity contribution in [2.24, 2.45) is 11.3 Å². The maximum Gasteiger partial charge on any atom is 0.0166 e. The summed E-state index contributed by atoms with van der Waals surface area (Å²) in [5.74, 6) is 3.69. The van der Waals surface area contributed by atoms with Gasteiger partial charge in [0.1, 0.15) is 0 Å². The maximum atomic E-state index is 3.94. The number of thioether (sulfide) groups is 1. The lowest BCUT2D eigenvalue weighted by Crippen LogP contribution is -2.46. The minimum Gasteiger partial charge on any atom is -0.310 e. The third kappa shape index (κ3) is 4.17. The fourth-order valence-corrected chi connectivity index (χ4v) is 4.73. The van der Waals surface area contributed by atoms with Gasteiger partial charge in [0.15, 0.2) is 0 Å². The van der Waals surface area contributed by atoms with Crippen molar-refractivity contribution >= 4 is 11.8 Å². The molecule has 1 saturated carbocycles. The minimum absolute atomic E-state index is 0.543. The topological polar surface area (TPSA) is 12.0 Å². The van der Waals surface area contributed by atoms with Gasteiger partial charge in [-0.05, 0) is 49.2 Å². The molecule has 0 bridgehead atoms. The lowest BCUT2D eigenvalue weighted by molar-refractivity contribution is 0.243. The fraction of sp³-hybridized carbons (Fsp3) is 1.00. The van der Waals surface area contributed by atoms with Gasteiger partial charge in [0.25, 0.3) is 0 Å². The summed E-state index contributed by atoms with van der Waals surface area (Å²) in [6, 6.07) is 1.59. The number of rotatable bonds is 3. The van der Waals surface area contributed by atoms with Gasteiger partial charge in [0.2, 0.25) is 0 Å². The van der Waals surface area contributed by atoms with Crippen LogP contribution in [0.15, 0.2) is 0 Å². The van der Waals surface area contributed by atoms with Crippen molar-refractivity contribution in [2.75, 3.05) is 11.5 Å². The standard InChI is InChI=1S/C15H29NS/c1-4-12-5-7-13(8-6-12)16-14-9-15(2,3)11-17-10-14/h12-14,16H,4-11H2,1-3H3. The Morgan fingerprint density at radius 1 is 1.12 bits per heavy atom. The summed E-state index contributed by atoms with van der Waals surface area (Å²) in [5, 5.41) is 3.94. The molecule has 1 atom stereocenters. The van der Waals surface area contributed by atoms with E-state index in [4.69, 9.17) is 0 Å². The summed E-state index contributed by atoms with van der Waals surface area (Å²) in [4.78, 5) is 0. The molecule has 1 heterocycles. The van der Waals surface area contributed by atoms with E-state index in [0.29, 0.717) is 5.41 Å². The Balaban J connectivity index is 1.74. The second-order valence-electron chi connectivity index (χ2n) is 6.87. The third-order valence-corrected chi connectivity index (χ3v) is 6.13. The summed E-state index contributed by atoms with van der Waals surface area (Å²) >= 11 is 2.14. The summed E-state index contributed by atoms with van der Waals surface area (Å²) in [5.41, 5.74) is 0.543. The first-order valence-electron chi connectivity index (χ1n) is 7.43. The average Bonchev–Trinajstić information content (AvgIpc) is 2.29. The molecule has 1 saturated heterocycles. The zero-order chi connectivity index (χ0) is 12.3. The van der Waals surface area contributed by atoms with E-state index in [1.165, 1.54) is 50.0 Å². The number of nitrogens with one attached hydrogen (secondary N) is 1. The van der Waals surface area contributed by atoms with Gasteiger partial charge >= 0.3 is 0 Å². The highest BCUT2D eigenvalue weighted by atomic mass is 32.2. The molecule has 0 aromatic heterocycles. The van der Waals surface area contributed by atoms with Crippen LogP contribution in [0.25, 0.3) is 0 Å². The molecular formula is C15H29NS. The van der Waals surface area contributed by atoms with Crippen molar-refractivity contribution in [1.82, 2.24) is 5.32 Å². The van der Waals surface area contributed by atoms with Crippen molar-refractivity contribution < 1.29 is 0 Å². The molecule has 2 heteroatoms. The van der Waals surface area contributed by atoms with Crippen molar-refractivity contribution in [3.63, 3.8) is 0 Å². The molecule has 1 unspecified atom stereocenters. The van der Waals surface area contributed by atoms with Crippen LogP contribution < -0.4 is 5.32 Å². The molecular weight excluding hydrogens is 226 g/mol. The molecule has 0 spiro atoms. The van der Waals surface area contributed by atoms with Gasteiger partial charge in [0, 0.05) is 17.8 Å². The summed E-state index contributed by atoms with van der Waals surface area (Å²) < 4.78 is 0. The SMILES string of the molecule is CCC1CCC(NC2CSCC(C)(C)C2)CC1. The van der Waals surface area contributed by atoms with E-state index >= 15 is 0 Å².